The van der Waals surface area contributed by atoms with Gasteiger partial charge in [-0.15, -0.1) is 0 Å². The number of rotatable bonds is 5. The lowest BCUT2D eigenvalue weighted by Crippen LogP contribution is -2.45. The number of carbonyl (C=O) groups excluding carboxylic acids is 3. The molecular weight excluding hydrogens is 310 g/mol. The summed E-state index contributed by atoms with van der Waals surface area (Å²) in [4.78, 5) is 36.0. The molecule has 1 aromatic rings. The number of imide groups is 1. The van der Waals surface area contributed by atoms with E-state index in [-0.39, 0.29) is 29.6 Å². The minimum Gasteiger partial charge on any atom is -0.488 e. The van der Waals surface area contributed by atoms with Crippen LogP contribution in [0.15, 0.2) is 36.4 Å². The van der Waals surface area contributed by atoms with Gasteiger partial charge in [0.2, 0.25) is 0 Å². The first-order chi connectivity index (χ1) is 11.5. The fourth-order valence-corrected chi connectivity index (χ4v) is 2.88. The molecule has 0 saturated carbocycles. The predicted octanol–water partition coefficient (Wildman–Crippen LogP) is 1.60. The Bertz CT molecular complexity index is 661. The Balaban J connectivity index is 1.67. The van der Waals surface area contributed by atoms with Crippen LogP contribution in [0.4, 0.5) is 0 Å². The molecular formula is C18H19NO5. The van der Waals surface area contributed by atoms with E-state index in [4.69, 9.17) is 9.47 Å². The highest BCUT2D eigenvalue weighted by molar-refractivity contribution is 6.12. The molecule has 0 aliphatic carbocycles. The summed E-state index contributed by atoms with van der Waals surface area (Å²) in [6, 6.07) is 6.92. The average Bonchev–Trinajstić information content (AvgIpc) is 2.89. The number of carbonyl (C=O) groups is 3. The third kappa shape index (κ3) is 3.54. The second-order valence-electron chi connectivity index (χ2n) is 5.98. The maximum Gasteiger partial charge on any atom is 0.253 e. The van der Waals surface area contributed by atoms with E-state index < -0.39 is 0 Å². The number of ketones is 1. The lowest BCUT2D eigenvalue weighted by Gasteiger charge is -2.33. The first-order valence-corrected chi connectivity index (χ1v) is 7.93. The molecule has 0 spiro atoms. The summed E-state index contributed by atoms with van der Waals surface area (Å²) in [6.45, 7) is 2.82. The van der Waals surface area contributed by atoms with Gasteiger partial charge in [-0.05, 0) is 37.6 Å². The summed E-state index contributed by atoms with van der Waals surface area (Å²) in [5.74, 6) is 0.0859. The van der Waals surface area contributed by atoms with E-state index >= 15 is 0 Å². The van der Waals surface area contributed by atoms with Gasteiger partial charge in [-0.2, -0.15) is 0 Å². The quantitative estimate of drug-likeness (QED) is 0.606. The first-order valence-electron chi connectivity index (χ1n) is 7.93. The van der Waals surface area contributed by atoms with Crippen LogP contribution >= 0.6 is 0 Å². The van der Waals surface area contributed by atoms with Gasteiger partial charge in [0.1, 0.15) is 11.9 Å². The summed E-state index contributed by atoms with van der Waals surface area (Å²) in [7, 11) is 0. The molecule has 2 heterocycles. The van der Waals surface area contributed by atoms with Crippen molar-refractivity contribution in [2.75, 3.05) is 19.8 Å². The molecule has 0 aromatic heterocycles. The molecule has 0 N–H and O–H groups in total. The van der Waals surface area contributed by atoms with Crippen molar-refractivity contribution in [1.29, 1.82) is 0 Å². The topological polar surface area (TPSA) is 72.9 Å². The van der Waals surface area contributed by atoms with Crippen LogP contribution < -0.4 is 4.74 Å². The van der Waals surface area contributed by atoms with Crippen molar-refractivity contribution >= 4 is 17.6 Å². The predicted molar refractivity (Wildman–Crippen MR) is 85.6 cm³/mol. The Morgan fingerprint density at radius 3 is 2.50 bits per heavy atom. The average molecular weight is 329 g/mol. The summed E-state index contributed by atoms with van der Waals surface area (Å²) >= 11 is 0. The highest BCUT2D eigenvalue weighted by Gasteiger charge is 2.33. The normalized spacial score (nSPS) is 23.6. The lowest BCUT2D eigenvalue weighted by atomic mass is 9.96. The molecule has 2 atom stereocenters. The SMILES string of the molecule is CC(=O)c1ccc(OC2COCCC2CN2C(=O)C=CC2=O)cc1. The Labute approximate surface area is 140 Å². The first kappa shape index (κ1) is 16.4. The molecule has 1 saturated heterocycles. The number of ether oxygens (including phenoxy) is 2. The van der Waals surface area contributed by atoms with Gasteiger partial charge in [-0.3, -0.25) is 19.3 Å². The van der Waals surface area contributed by atoms with Crippen LogP contribution in [0.25, 0.3) is 0 Å². The van der Waals surface area contributed by atoms with Crippen molar-refractivity contribution in [2.24, 2.45) is 5.92 Å². The number of hydrogen-bond donors (Lipinski definition) is 0. The van der Waals surface area contributed by atoms with Crippen LogP contribution in [0.5, 0.6) is 5.75 Å². The molecule has 0 radical (unpaired) electrons. The van der Waals surface area contributed by atoms with Crippen molar-refractivity contribution in [3.8, 4) is 5.75 Å². The highest BCUT2D eigenvalue weighted by atomic mass is 16.5. The van der Waals surface area contributed by atoms with Crippen LogP contribution in [0.1, 0.15) is 23.7 Å². The molecule has 3 rings (SSSR count). The van der Waals surface area contributed by atoms with Gasteiger partial charge < -0.3 is 9.47 Å². The van der Waals surface area contributed by atoms with Crippen LogP contribution in [-0.4, -0.2) is 48.4 Å². The van der Waals surface area contributed by atoms with Crippen LogP contribution in [0, 0.1) is 5.92 Å². The molecule has 1 fully saturated rings. The summed E-state index contributed by atoms with van der Waals surface area (Å²) in [5.41, 5.74) is 0.623. The van der Waals surface area contributed by atoms with Gasteiger partial charge in [0.15, 0.2) is 5.78 Å². The molecule has 2 aliphatic heterocycles. The second kappa shape index (κ2) is 6.97. The van der Waals surface area contributed by atoms with Gasteiger partial charge in [0.25, 0.3) is 11.8 Å². The standard InChI is InChI=1S/C18H19NO5/c1-12(20)13-2-4-15(5-3-13)24-16-11-23-9-8-14(16)10-19-17(21)6-7-18(19)22/h2-7,14,16H,8-11H2,1H3. The largest absolute Gasteiger partial charge is 0.488 e. The number of amides is 2. The maximum absolute atomic E-state index is 11.7. The Hall–Kier alpha value is -2.47. The van der Waals surface area contributed by atoms with Gasteiger partial charge in [0.05, 0.1) is 6.61 Å². The van der Waals surface area contributed by atoms with Crippen molar-refractivity contribution in [3.05, 3.63) is 42.0 Å². The Morgan fingerprint density at radius 2 is 1.88 bits per heavy atom. The molecule has 6 nitrogen and oxygen atoms in total. The summed E-state index contributed by atoms with van der Waals surface area (Å²) in [5, 5.41) is 0. The van der Waals surface area contributed by atoms with E-state index in [1.165, 1.54) is 24.0 Å². The van der Waals surface area contributed by atoms with E-state index in [0.29, 0.717) is 37.5 Å². The van der Waals surface area contributed by atoms with Crippen molar-refractivity contribution < 1.29 is 23.9 Å². The molecule has 1 aromatic carbocycles. The number of benzene rings is 1. The lowest BCUT2D eigenvalue weighted by molar-refractivity contribution is -0.139. The minimum absolute atomic E-state index is 0.000940. The smallest absolute Gasteiger partial charge is 0.253 e. The number of hydrogen-bond acceptors (Lipinski definition) is 5. The van der Waals surface area contributed by atoms with E-state index in [9.17, 15) is 14.4 Å². The summed E-state index contributed by atoms with van der Waals surface area (Å²) in [6.07, 6.45) is 3.05. The highest BCUT2D eigenvalue weighted by Crippen LogP contribution is 2.24. The van der Waals surface area contributed by atoms with E-state index in [1.807, 2.05) is 0 Å². The second-order valence-corrected chi connectivity index (χ2v) is 5.98. The van der Waals surface area contributed by atoms with E-state index in [1.54, 1.807) is 24.3 Å². The van der Waals surface area contributed by atoms with E-state index in [2.05, 4.69) is 0 Å². The molecule has 2 amide bonds. The van der Waals surface area contributed by atoms with Crippen LogP contribution in [-0.2, 0) is 14.3 Å². The van der Waals surface area contributed by atoms with Crippen molar-refractivity contribution in [3.63, 3.8) is 0 Å². The van der Waals surface area contributed by atoms with Gasteiger partial charge in [0, 0.05) is 36.8 Å². The monoisotopic (exact) mass is 329 g/mol. The van der Waals surface area contributed by atoms with Crippen LogP contribution in [0.3, 0.4) is 0 Å². The molecule has 126 valence electrons. The number of nitrogens with zero attached hydrogens (tertiary/aromatic N) is 1. The minimum atomic E-state index is -0.281. The fourth-order valence-electron chi connectivity index (χ4n) is 2.88. The third-order valence-corrected chi connectivity index (χ3v) is 4.31. The molecule has 2 unspecified atom stereocenters. The van der Waals surface area contributed by atoms with Crippen molar-refractivity contribution in [2.45, 2.75) is 19.4 Å². The van der Waals surface area contributed by atoms with Crippen molar-refractivity contribution in [1.82, 2.24) is 4.90 Å². The third-order valence-electron chi connectivity index (χ3n) is 4.31. The Morgan fingerprint density at radius 1 is 1.21 bits per heavy atom. The van der Waals surface area contributed by atoms with Gasteiger partial charge in [-0.1, -0.05) is 0 Å². The fraction of sp³-hybridized carbons (Fsp3) is 0.389. The van der Waals surface area contributed by atoms with E-state index in [0.717, 1.165) is 0 Å². The number of Topliss-reactive ketones (excluding diaryl/α,β-unsaturated/α-hetero) is 1. The molecule has 2 aliphatic rings. The molecule has 24 heavy (non-hydrogen) atoms. The zero-order chi connectivity index (χ0) is 17.1. The van der Waals surface area contributed by atoms with Crippen LogP contribution in [0.2, 0.25) is 0 Å². The molecule has 0 bridgehead atoms. The van der Waals surface area contributed by atoms with Gasteiger partial charge >= 0.3 is 0 Å². The maximum atomic E-state index is 11.7. The zero-order valence-corrected chi connectivity index (χ0v) is 13.4. The zero-order valence-electron chi connectivity index (χ0n) is 13.4. The summed E-state index contributed by atoms with van der Waals surface area (Å²) < 4.78 is 11.5. The molecule has 6 heteroatoms. The Kier molecular flexibility index (Phi) is 4.76. The van der Waals surface area contributed by atoms with Gasteiger partial charge in [-0.25, -0.2) is 0 Å².